The Bertz CT molecular complexity index is 1920. The minimum Gasteiger partial charge on any atom is -0.502 e. The first-order valence-corrected chi connectivity index (χ1v) is 19.7. The van der Waals surface area contributed by atoms with Gasteiger partial charge in [-0.1, -0.05) is 0 Å². The van der Waals surface area contributed by atoms with Gasteiger partial charge in [0.1, 0.15) is 74.3 Å². The summed E-state index contributed by atoms with van der Waals surface area (Å²) in [7, 11) is 6.76. The second-order valence-electron chi connectivity index (χ2n) is 14.6. The van der Waals surface area contributed by atoms with Crippen LogP contribution in [-0.4, -0.2) is 210 Å². The van der Waals surface area contributed by atoms with E-state index in [1.54, 1.807) is 0 Å². The maximum Gasteiger partial charge on any atom is 0.331 e. The summed E-state index contributed by atoms with van der Waals surface area (Å²) < 4.78 is 65.9. The maximum absolute atomic E-state index is 13.4. The van der Waals surface area contributed by atoms with Gasteiger partial charge in [-0.05, 0) is 47.5 Å². The van der Waals surface area contributed by atoms with Crippen molar-refractivity contribution in [3.63, 3.8) is 0 Å². The fourth-order valence-corrected chi connectivity index (χ4v) is 7.14. The van der Waals surface area contributed by atoms with Gasteiger partial charge in [-0.2, -0.15) is 0 Å². The zero-order chi connectivity index (χ0) is 47.7. The van der Waals surface area contributed by atoms with Crippen molar-refractivity contribution in [1.29, 1.82) is 0 Å². The van der Waals surface area contributed by atoms with Gasteiger partial charge in [0.2, 0.25) is 17.3 Å². The second kappa shape index (κ2) is 22.5. The van der Waals surface area contributed by atoms with Crippen LogP contribution in [0.5, 0.6) is 34.5 Å². The molecule has 0 aromatic heterocycles. The van der Waals surface area contributed by atoms with Crippen LogP contribution in [0.2, 0.25) is 0 Å². The van der Waals surface area contributed by atoms with Gasteiger partial charge in [-0.3, -0.25) is 0 Å². The predicted octanol–water partition coefficient (Wildman–Crippen LogP) is -3.29. The molecule has 0 spiro atoms. The lowest BCUT2D eigenvalue weighted by Gasteiger charge is -2.47. The number of esters is 2. The molecule has 0 saturated carbocycles. The second-order valence-corrected chi connectivity index (χ2v) is 14.6. The molecule has 3 fully saturated rings. The molecule has 3 saturated heterocycles. The van der Waals surface area contributed by atoms with E-state index in [0.29, 0.717) is 11.1 Å². The Morgan fingerprint density at radius 3 is 1.68 bits per heavy atom. The molecule has 65 heavy (non-hydrogen) atoms. The zero-order valence-corrected chi connectivity index (χ0v) is 35.6. The van der Waals surface area contributed by atoms with Gasteiger partial charge in [0, 0.05) is 12.2 Å². The summed E-state index contributed by atoms with van der Waals surface area (Å²) in [6.45, 7) is -3.88. The SMILES string of the molecule is COc1cc(C=CC(=O)OCC2OC(OC3(CO)OC(CO)C(O)C3OC(=O)C=Cc3cc(OC)c(OC)c(OC)c3)C(OC3OC(CO)C(O)C(O)C3O)C(O)C2O)cc(OC)c1O. The van der Waals surface area contributed by atoms with Gasteiger partial charge < -0.3 is 108 Å². The highest BCUT2D eigenvalue weighted by molar-refractivity contribution is 5.88. The number of carbonyl (C=O) groups excluding carboxylic acids is 2. The number of hydrogen-bond donors (Lipinski definition) is 10. The highest BCUT2D eigenvalue weighted by Gasteiger charge is 2.61. The number of phenolic OH excluding ortho intramolecular Hbond substituents is 1. The van der Waals surface area contributed by atoms with Crippen LogP contribution in [0.15, 0.2) is 36.4 Å². The van der Waals surface area contributed by atoms with E-state index in [1.165, 1.54) is 72.0 Å². The summed E-state index contributed by atoms with van der Waals surface area (Å²) in [5.74, 6) is -4.30. The van der Waals surface area contributed by atoms with Gasteiger partial charge in [-0.25, -0.2) is 9.59 Å². The third-order valence-corrected chi connectivity index (χ3v) is 10.6. The smallest absolute Gasteiger partial charge is 0.331 e. The van der Waals surface area contributed by atoms with Crippen LogP contribution in [0.1, 0.15) is 11.1 Å². The average molecular weight is 931 g/mol. The van der Waals surface area contributed by atoms with Crippen molar-refractivity contribution in [3.05, 3.63) is 47.5 Å². The summed E-state index contributed by atoms with van der Waals surface area (Å²) in [6.07, 6.45) is -20.4. The molecule has 2 aromatic carbocycles. The van der Waals surface area contributed by atoms with Crippen molar-refractivity contribution >= 4 is 24.1 Å². The number of aromatic hydroxyl groups is 1. The Balaban J connectivity index is 1.43. The summed E-state index contributed by atoms with van der Waals surface area (Å²) in [6, 6.07) is 5.79. The Kier molecular flexibility index (Phi) is 17.7. The van der Waals surface area contributed by atoms with Gasteiger partial charge in [0.15, 0.2) is 41.7 Å². The van der Waals surface area contributed by atoms with E-state index < -0.39 is 124 Å². The first-order chi connectivity index (χ1) is 31.0. The molecular formula is C41H54O24. The molecule has 0 aliphatic carbocycles. The minimum atomic E-state index is -2.68. The van der Waals surface area contributed by atoms with Crippen molar-refractivity contribution in [3.8, 4) is 34.5 Å². The van der Waals surface area contributed by atoms with Crippen LogP contribution in [0.3, 0.4) is 0 Å². The normalized spacial score (nSPS) is 32.6. The van der Waals surface area contributed by atoms with Gasteiger partial charge in [0.25, 0.3) is 0 Å². The molecule has 3 aliphatic heterocycles. The zero-order valence-electron chi connectivity index (χ0n) is 35.6. The van der Waals surface area contributed by atoms with Crippen LogP contribution in [-0.2, 0) is 42.7 Å². The van der Waals surface area contributed by atoms with Crippen molar-refractivity contribution in [1.82, 2.24) is 0 Å². The molecular weight excluding hydrogens is 876 g/mol. The average Bonchev–Trinajstić information content (AvgIpc) is 3.57. The molecule has 14 unspecified atom stereocenters. The van der Waals surface area contributed by atoms with Gasteiger partial charge in [-0.15, -0.1) is 0 Å². The van der Waals surface area contributed by atoms with Crippen LogP contribution >= 0.6 is 0 Å². The van der Waals surface area contributed by atoms with E-state index in [4.69, 9.17) is 56.8 Å². The highest BCUT2D eigenvalue weighted by atomic mass is 16.8. The van der Waals surface area contributed by atoms with Crippen molar-refractivity contribution < 1.29 is 117 Å². The number of aliphatic hydroxyl groups excluding tert-OH is 9. The van der Waals surface area contributed by atoms with Crippen molar-refractivity contribution in [2.24, 2.45) is 0 Å². The lowest BCUT2D eigenvalue weighted by Crippen LogP contribution is -2.66. The Hall–Kier alpha value is -4.90. The lowest BCUT2D eigenvalue weighted by atomic mass is 9.97. The monoisotopic (exact) mass is 930 g/mol. The van der Waals surface area contributed by atoms with E-state index in [-0.39, 0.29) is 34.5 Å². The topological polar surface area (TPSA) is 347 Å². The first-order valence-electron chi connectivity index (χ1n) is 19.7. The number of methoxy groups -OCH3 is 5. The number of benzene rings is 2. The standard InChI is InChI=1S/C41H54O24/c1-54-20-10-18(11-21(55-2)29(20)47)6-8-27(45)59-16-26-31(49)34(52)37(63-39-35(53)33(51)30(48)24(14-42)60-39)40(61-26)65-41(17-44)38(32(50)25(15-43)64-41)62-28(46)9-7-19-12-22(56-3)36(58-5)23(13-19)57-4/h6-13,24-26,30-35,37-40,42-44,47-53H,14-17H2,1-5H3. The number of carbonyl (C=O) groups is 2. The summed E-state index contributed by atoms with van der Waals surface area (Å²) in [5, 5.41) is 106. The molecule has 3 aliphatic rings. The van der Waals surface area contributed by atoms with Crippen molar-refractivity contribution in [2.45, 2.75) is 85.5 Å². The fourth-order valence-electron chi connectivity index (χ4n) is 7.14. The van der Waals surface area contributed by atoms with E-state index >= 15 is 0 Å². The van der Waals surface area contributed by atoms with Crippen LogP contribution in [0, 0.1) is 0 Å². The predicted molar refractivity (Wildman–Crippen MR) is 214 cm³/mol. The van der Waals surface area contributed by atoms with Gasteiger partial charge >= 0.3 is 11.9 Å². The molecule has 24 heteroatoms. The molecule has 0 bridgehead atoms. The quantitative estimate of drug-likeness (QED) is 0.0487. The summed E-state index contributed by atoms with van der Waals surface area (Å²) >= 11 is 0. The van der Waals surface area contributed by atoms with Crippen LogP contribution in [0.25, 0.3) is 12.2 Å². The Morgan fingerprint density at radius 2 is 1.15 bits per heavy atom. The Morgan fingerprint density at radius 1 is 0.631 bits per heavy atom. The van der Waals surface area contributed by atoms with Crippen molar-refractivity contribution in [2.75, 3.05) is 62.0 Å². The molecule has 0 radical (unpaired) electrons. The largest absolute Gasteiger partial charge is 0.502 e. The fraction of sp³-hybridized carbons (Fsp3) is 0.561. The molecule has 362 valence electrons. The number of aliphatic hydroxyl groups is 9. The molecule has 2 aromatic rings. The number of rotatable bonds is 19. The molecule has 5 rings (SSSR count). The molecule has 24 nitrogen and oxygen atoms in total. The number of ether oxygens (including phenoxy) is 12. The third kappa shape index (κ3) is 11.2. The van der Waals surface area contributed by atoms with E-state index in [2.05, 4.69) is 0 Å². The molecule has 3 heterocycles. The van der Waals surface area contributed by atoms with E-state index in [0.717, 1.165) is 12.2 Å². The van der Waals surface area contributed by atoms with E-state index in [9.17, 15) is 60.7 Å². The molecule has 14 atom stereocenters. The maximum atomic E-state index is 13.4. The Labute approximate surface area is 370 Å². The summed E-state index contributed by atoms with van der Waals surface area (Å²) in [5.41, 5.74) is 0.692. The van der Waals surface area contributed by atoms with Gasteiger partial charge in [0.05, 0.1) is 48.8 Å². The highest BCUT2D eigenvalue weighted by Crippen LogP contribution is 2.41. The number of phenols is 1. The third-order valence-electron chi connectivity index (χ3n) is 10.6. The molecule has 10 N–H and O–H groups in total. The summed E-state index contributed by atoms with van der Waals surface area (Å²) in [4.78, 5) is 26.2. The molecule has 0 amide bonds. The minimum absolute atomic E-state index is 0.0328. The van der Waals surface area contributed by atoms with E-state index in [1.807, 2.05) is 0 Å². The lowest BCUT2D eigenvalue weighted by molar-refractivity contribution is -0.408. The number of hydrogen-bond acceptors (Lipinski definition) is 24. The van der Waals surface area contributed by atoms with Crippen LogP contribution in [0.4, 0.5) is 0 Å². The van der Waals surface area contributed by atoms with Crippen LogP contribution < -0.4 is 23.7 Å². The first kappa shape index (κ1) is 51.1.